The van der Waals surface area contributed by atoms with Crippen LogP contribution in [0.3, 0.4) is 0 Å². The van der Waals surface area contributed by atoms with Gasteiger partial charge in [0.05, 0.1) is 6.42 Å². The summed E-state index contributed by atoms with van der Waals surface area (Å²) in [5.74, 6) is 1.03. The molecule has 2 bridgehead atoms. The van der Waals surface area contributed by atoms with Crippen LogP contribution in [0.4, 0.5) is 0 Å². The smallest absolute Gasteiger partial charge is 0.304 e. The van der Waals surface area contributed by atoms with E-state index in [4.69, 9.17) is 5.11 Å². The molecule has 80 valence electrons. The van der Waals surface area contributed by atoms with Crippen LogP contribution in [0.5, 0.6) is 0 Å². The van der Waals surface area contributed by atoms with Gasteiger partial charge in [-0.2, -0.15) is 0 Å². The highest BCUT2D eigenvalue weighted by Gasteiger charge is 2.29. The van der Waals surface area contributed by atoms with Gasteiger partial charge in [0.1, 0.15) is 0 Å². The number of nitrogens with zero attached hydrogens (tertiary/aromatic N) is 1. The summed E-state index contributed by atoms with van der Waals surface area (Å²) in [7, 11) is 0. The predicted molar refractivity (Wildman–Crippen MR) is 54.1 cm³/mol. The number of carbonyl (C=O) groups is 1. The highest BCUT2D eigenvalue weighted by Crippen LogP contribution is 2.33. The molecule has 2 aliphatic heterocycles. The van der Waals surface area contributed by atoms with Gasteiger partial charge < -0.3 is 10.0 Å². The molecule has 2 saturated heterocycles. The van der Waals surface area contributed by atoms with E-state index < -0.39 is 5.97 Å². The third-order valence-corrected chi connectivity index (χ3v) is 3.64. The third kappa shape index (κ3) is 2.47. The van der Waals surface area contributed by atoms with Crippen molar-refractivity contribution < 1.29 is 9.90 Å². The zero-order chi connectivity index (χ0) is 9.97. The largest absolute Gasteiger partial charge is 0.481 e. The van der Waals surface area contributed by atoms with Crippen molar-refractivity contribution in [1.29, 1.82) is 0 Å². The molecule has 2 heterocycles. The Kier molecular flexibility index (Phi) is 3.06. The Hall–Kier alpha value is -0.570. The molecule has 3 heteroatoms. The molecule has 0 aromatic carbocycles. The standard InChI is InChI=1S/C11H19NO2/c13-11(14)5-6-12-7-9-1-2-10(8-12)4-3-9/h9-10H,1-8H2,(H,13,14). The Morgan fingerprint density at radius 1 is 1.14 bits per heavy atom. The quantitative estimate of drug-likeness (QED) is 0.746. The maximum Gasteiger partial charge on any atom is 0.304 e. The minimum atomic E-state index is -0.665. The van der Waals surface area contributed by atoms with Crippen LogP contribution in [0.2, 0.25) is 0 Å². The molecule has 1 N–H and O–H groups in total. The minimum absolute atomic E-state index is 0.305. The molecular formula is C11H19NO2. The van der Waals surface area contributed by atoms with Gasteiger partial charge in [0.15, 0.2) is 0 Å². The summed E-state index contributed by atoms with van der Waals surface area (Å²) in [4.78, 5) is 12.8. The van der Waals surface area contributed by atoms with E-state index in [9.17, 15) is 4.79 Å². The third-order valence-electron chi connectivity index (χ3n) is 3.64. The van der Waals surface area contributed by atoms with Gasteiger partial charge in [-0.05, 0) is 37.5 Å². The Morgan fingerprint density at radius 2 is 1.64 bits per heavy atom. The molecule has 0 spiro atoms. The molecular weight excluding hydrogens is 178 g/mol. The second-order valence-electron chi connectivity index (χ2n) is 4.79. The van der Waals surface area contributed by atoms with E-state index >= 15 is 0 Å². The number of aliphatic carboxylic acids is 1. The predicted octanol–water partition coefficient (Wildman–Crippen LogP) is 1.58. The van der Waals surface area contributed by atoms with Crippen LogP contribution in [-0.4, -0.2) is 35.6 Å². The Bertz CT molecular complexity index is 195. The molecule has 0 amide bonds. The van der Waals surface area contributed by atoms with E-state index in [2.05, 4.69) is 4.90 Å². The summed E-state index contributed by atoms with van der Waals surface area (Å²) in [6.07, 6.45) is 5.78. The molecule has 14 heavy (non-hydrogen) atoms. The lowest BCUT2D eigenvalue weighted by Crippen LogP contribution is -2.30. The fourth-order valence-electron chi connectivity index (χ4n) is 2.84. The van der Waals surface area contributed by atoms with Crippen molar-refractivity contribution in [2.75, 3.05) is 19.6 Å². The van der Waals surface area contributed by atoms with Crippen LogP contribution in [0.15, 0.2) is 0 Å². The fraction of sp³-hybridized carbons (Fsp3) is 0.909. The topological polar surface area (TPSA) is 40.5 Å². The summed E-state index contributed by atoms with van der Waals surface area (Å²) in [5, 5.41) is 8.64. The molecule has 0 radical (unpaired) electrons. The van der Waals surface area contributed by atoms with Crippen LogP contribution in [0.25, 0.3) is 0 Å². The van der Waals surface area contributed by atoms with Gasteiger partial charge in [0, 0.05) is 19.6 Å². The van der Waals surface area contributed by atoms with Gasteiger partial charge in [-0.3, -0.25) is 4.79 Å². The first-order valence-electron chi connectivity index (χ1n) is 5.68. The Labute approximate surface area is 85.1 Å². The number of rotatable bonds is 3. The van der Waals surface area contributed by atoms with Gasteiger partial charge in [-0.15, -0.1) is 0 Å². The molecule has 3 aliphatic rings. The lowest BCUT2D eigenvalue weighted by molar-refractivity contribution is -0.137. The number of hydrogen-bond acceptors (Lipinski definition) is 2. The van der Waals surface area contributed by atoms with Gasteiger partial charge in [0.2, 0.25) is 0 Å². The molecule has 1 aliphatic carbocycles. The van der Waals surface area contributed by atoms with Crippen molar-refractivity contribution in [3.8, 4) is 0 Å². The Balaban J connectivity index is 1.84. The van der Waals surface area contributed by atoms with Crippen LogP contribution < -0.4 is 0 Å². The molecule has 0 atom stereocenters. The number of hydrogen-bond donors (Lipinski definition) is 1. The number of fused-ring (bicyclic) bond motifs is 4. The fourth-order valence-corrected chi connectivity index (χ4v) is 2.84. The number of carboxylic acid groups (broad SMARTS) is 1. The average molecular weight is 197 g/mol. The van der Waals surface area contributed by atoms with E-state index in [0.717, 1.165) is 31.5 Å². The maximum absolute atomic E-state index is 10.5. The second kappa shape index (κ2) is 4.30. The average Bonchev–Trinajstić information content (AvgIpc) is 2.46. The zero-order valence-corrected chi connectivity index (χ0v) is 8.61. The van der Waals surface area contributed by atoms with Gasteiger partial charge in [-0.1, -0.05) is 0 Å². The highest BCUT2D eigenvalue weighted by molar-refractivity contribution is 5.66. The van der Waals surface area contributed by atoms with Crippen molar-refractivity contribution in [3.63, 3.8) is 0 Å². The van der Waals surface area contributed by atoms with Crippen molar-refractivity contribution in [1.82, 2.24) is 4.90 Å². The summed E-state index contributed by atoms with van der Waals surface area (Å²) in [6, 6.07) is 0. The molecule has 0 unspecified atom stereocenters. The zero-order valence-electron chi connectivity index (χ0n) is 8.61. The minimum Gasteiger partial charge on any atom is -0.481 e. The highest BCUT2D eigenvalue weighted by atomic mass is 16.4. The van der Waals surface area contributed by atoms with E-state index in [1.54, 1.807) is 0 Å². The van der Waals surface area contributed by atoms with Crippen LogP contribution in [0, 0.1) is 11.8 Å². The summed E-state index contributed by atoms with van der Waals surface area (Å²) < 4.78 is 0. The normalized spacial score (nSPS) is 32.9. The van der Waals surface area contributed by atoms with E-state index in [0.29, 0.717) is 6.42 Å². The van der Waals surface area contributed by atoms with E-state index in [1.807, 2.05) is 0 Å². The van der Waals surface area contributed by atoms with E-state index in [1.165, 1.54) is 25.7 Å². The summed E-state index contributed by atoms with van der Waals surface area (Å²) in [5.41, 5.74) is 0. The lowest BCUT2D eigenvalue weighted by Gasteiger charge is -2.21. The number of carboxylic acids is 1. The van der Waals surface area contributed by atoms with Crippen LogP contribution in [-0.2, 0) is 4.79 Å². The second-order valence-corrected chi connectivity index (χ2v) is 4.79. The van der Waals surface area contributed by atoms with Crippen molar-refractivity contribution in [2.45, 2.75) is 32.1 Å². The van der Waals surface area contributed by atoms with Crippen molar-refractivity contribution in [2.24, 2.45) is 11.8 Å². The molecule has 0 aromatic rings. The first kappa shape index (κ1) is 9.97. The Morgan fingerprint density at radius 3 is 2.07 bits per heavy atom. The molecule has 0 aromatic heterocycles. The SMILES string of the molecule is O=C(O)CCN1CC2CCC(CC2)C1. The first-order valence-corrected chi connectivity index (χ1v) is 5.68. The molecule has 3 rings (SSSR count). The lowest BCUT2D eigenvalue weighted by atomic mass is 9.84. The summed E-state index contributed by atoms with van der Waals surface area (Å²) in [6.45, 7) is 3.04. The van der Waals surface area contributed by atoms with Crippen molar-refractivity contribution in [3.05, 3.63) is 0 Å². The van der Waals surface area contributed by atoms with Crippen molar-refractivity contribution >= 4 is 5.97 Å². The van der Waals surface area contributed by atoms with Gasteiger partial charge >= 0.3 is 5.97 Å². The van der Waals surface area contributed by atoms with Gasteiger partial charge in [-0.25, -0.2) is 0 Å². The van der Waals surface area contributed by atoms with Crippen LogP contribution >= 0.6 is 0 Å². The van der Waals surface area contributed by atoms with Crippen LogP contribution in [0.1, 0.15) is 32.1 Å². The van der Waals surface area contributed by atoms with Gasteiger partial charge in [0.25, 0.3) is 0 Å². The first-order chi connectivity index (χ1) is 6.74. The van der Waals surface area contributed by atoms with E-state index in [-0.39, 0.29) is 0 Å². The summed E-state index contributed by atoms with van der Waals surface area (Å²) >= 11 is 0. The molecule has 3 fully saturated rings. The molecule has 1 saturated carbocycles. The maximum atomic E-state index is 10.5. The molecule has 3 nitrogen and oxygen atoms in total. The monoisotopic (exact) mass is 197 g/mol.